The van der Waals surface area contributed by atoms with E-state index in [2.05, 4.69) is 26.8 Å². The first-order valence-corrected chi connectivity index (χ1v) is 7.80. The van der Waals surface area contributed by atoms with E-state index in [1.54, 1.807) is 18.2 Å². The Hall–Kier alpha value is -2.34. The van der Waals surface area contributed by atoms with Crippen LogP contribution >= 0.6 is 15.9 Å². The summed E-state index contributed by atoms with van der Waals surface area (Å²) in [7, 11) is 0. The van der Waals surface area contributed by atoms with Crippen LogP contribution in [0.4, 0.5) is 0 Å². The van der Waals surface area contributed by atoms with Gasteiger partial charge in [-0.2, -0.15) is 0 Å². The third kappa shape index (κ3) is 5.10. The number of nitrogens with one attached hydrogen (secondary N) is 2. The van der Waals surface area contributed by atoms with Crippen LogP contribution in [0.3, 0.4) is 0 Å². The molecule has 0 saturated heterocycles. The number of halogens is 1. The molecule has 23 heavy (non-hydrogen) atoms. The standard InChI is InChI=1S/C17H17BrN2O3/c1-11-3-5-13(6-4-11)17(22)20-19-16(21)10-23-14-7-8-15(18)12(2)9-14/h3-9H,10H2,1-2H3,(H,19,21)(H,20,22). The molecular formula is C17H17BrN2O3. The molecule has 0 unspecified atom stereocenters. The van der Waals surface area contributed by atoms with Gasteiger partial charge in [-0.25, -0.2) is 0 Å². The number of rotatable bonds is 4. The first kappa shape index (κ1) is 17.0. The molecular weight excluding hydrogens is 360 g/mol. The molecule has 0 aliphatic heterocycles. The van der Waals surface area contributed by atoms with Crippen LogP contribution < -0.4 is 15.6 Å². The van der Waals surface area contributed by atoms with E-state index in [-0.39, 0.29) is 12.5 Å². The predicted octanol–water partition coefficient (Wildman–Crippen LogP) is 2.91. The Labute approximate surface area is 143 Å². The van der Waals surface area contributed by atoms with Crippen LogP contribution in [0.15, 0.2) is 46.9 Å². The lowest BCUT2D eigenvalue weighted by atomic mass is 10.1. The van der Waals surface area contributed by atoms with Crippen molar-refractivity contribution >= 4 is 27.7 Å². The molecule has 2 aromatic rings. The number of carbonyl (C=O) groups excluding carboxylic acids is 2. The summed E-state index contributed by atoms with van der Waals surface area (Å²) in [6.45, 7) is 3.68. The molecule has 2 N–H and O–H groups in total. The molecule has 0 atom stereocenters. The van der Waals surface area contributed by atoms with Crippen LogP contribution in [0.2, 0.25) is 0 Å². The molecule has 6 heteroatoms. The number of amides is 2. The van der Waals surface area contributed by atoms with Crippen molar-refractivity contribution in [3.8, 4) is 5.75 Å². The topological polar surface area (TPSA) is 67.4 Å². The summed E-state index contributed by atoms with van der Waals surface area (Å²) in [6, 6.07) is 12.5. The van der Waals surface area contributed by atoms with E-state index in [9.17, 15) is 9.59 Å². The van der Waals surface area contributed by atoms with Crippen molar-refractivity contribution in [1.82, 2.24) is 10.9 Å². The number of carbonyl (C=O) groups is 2. The lowest BCUT2D eigenvalue weighted by Crippen LogP contribution is -2.43. The fourth-order valence-corrected chi connectivity index (χ4v) is 2.04. The van der Waals surface area contributed by atoms with Gasteiger partial charge in [-0.15, -0.1) is 0 Å². The van der Waals surface area contributed by atoms with Gasteiger partial charge < -0.3 is 4.74 Å². The maximum atomic E-state index is 11.8. The minimum atomic E-state index is -0.439. The molecule has 0 aliphatic carbocycles. The number of ether oxygens (including phenoxy) is 1. The second kappa shape index (κ2) is 7.78. The minimum Gasteiger partial charge on any atom is -0.484 e. The van der Waals surface area contributed by atoms with Gasteiger partial charge in [0.1, 0.15) is 5.75 Å². The van der Waals surface area contributed by atoms with E-state index in [1.807, 2.05) is 38.1 Å². The van der Waals surface area contributed by atoms with E-state index in [0.717, 1.165) is 15.6 Å². The minimum absolute atomic E-state index is 0.185. The summed E-state index contributed by atoms with van der Waals surface area (Å²) in [6.07, 6.45) is 0. The van der Waals surface area contributed by atoms with Crippen molar-refractivity contribution in [2.24, 2.45) is 0 Å². The van der Waals surface area contributed by atoms with Crippen molar-refractivity contribution < 1.29 is 14.3 Å². The summed E-state index contributed by atoms with van der Waals surface area (Å²) in [5.74, 6) is -0.227. The maximum Gasteiger partial charge on any atom is 0.276 e. The van der Waals surface area contributed by atoms with Crippen LogP contribution in [0.5, 0.6) is 5.75 Å². The number of hydrazine groups is 1. The van der Waals surface area contributed by atoms with E-state index < -0.39 is 5.91 Å². The third-order valence-corrected chi connectivity index (χ3v) is 4.02. The second-order valence-corrected chi connectivity index (χ2v) is 5.92. The van der Waals surface area contributed by atoms with Crippen molar-refractivity contribution in [3.05, 3.63) is 63.6 Å². The van der Waals surface area contributed by atoms with Gasteiger partial charge in [0.25, 0.3) is 11.8 Å². The highest BCUT2D eigenvalue weighted by molar-refractivity contribution is 9.10. The lowest BCUT2D eigenvalue weighted by Gasteiger charge is -2.09. The SMILES string of the molecule is Cc1ccc(C(=O)NNC(=O)COc2ccc(Br)c(C)c2)cc1. The zero-order valence-corrected chi connectivity index (χ0v) is 14.4. The van der Waals surface area contributed by atoms with Gasteiger partial charge in [0, 0.05) is 10.0 Å². The van der Waals surface area contributed by atoms with Gasteiger partial charge in [0.2, 0.25) is 0 Å². The van der Waals surface area contributed by atoms with Gasteiger partial charge in [0.15, 0.2) is 6.61 Å². The van der Waals surface area contributed by atoms with Crippen LogP contribution in [-0.4, -0.2) is 18.4 Å². The highest BCUT2D eigenvalue weighted by atomic mass is 79.9. The number of hydrogen-bond donors (Lipinski definition) is 2. The summed E-state index contributed by atoms with van der Waals surface area (Å²) in [5.41, 5.74) is 7.21. The number of benzene rings is 2. The monoisotopic (exact) mass is 376 g/mol. The highest BCUT2D eigenvalue weighted by Crippen LogP contribution is 2.21. The fraction of sp³-hybridized carbons (Fsp3) is 0.176. The van der Waals surface area contributed by atoms with Crippen molar-refractivity contribution in [2.75, 3.05) is 6.61 Å². The van der Waals surface area contributed by atoms with Crippen LogP contribution in [0.25, 0.3) is 0 Å². The zero-order chi connectivity index (χ0) is 16.8. The molecule has 0 fully saturated rings. The van der Waals surface area contributed by atoms with Gasteiger partial charge in [-0.1, -0.05) is 33.6 Å². The van der Waals surface area contributed by atoms with E-state index in [0.29, 0.717) is 11.3 Å². The second-order valence-electron chi connectivity index (χ2n) is 5.07. The third-order valence-electron chi connectivity index (χ3n) is 3.13. The molecule has 0 aliphatic rings. The smallest absolute Gasteiger partial charge is 0.276 e. The average Bonchev–Trinajstić information content (AvgIpc) is 2.54. The van der Waals surface area contributed by atoms with E-state index in [4.69, 9.17) is 4.74 Å². The molecule has 2 amide bonds. The Morgan fingerprint density at radius 2 is 1.74 bits per heavy atom. The molecule has 5 nitrogen and oxygen atoms in total. The molecule has 0 saturated carbocycles. The van der Waals surface area contributed by atoms with Gasteiger partial charge in [0.05, 0.1) is 0 Å². The molecule has 0 aromatic heterocycles. The van der Waals surface area contributed by atoms with Gasteiger partial charge in [-0.05, 0) is 49.7 Å². The van der Waals surface area contributed by atoms with Crippen molar-refractivity contribution in [2.45, 2.75) is 13.8 Å². The van der Waals surface area contributed by atoms with Crippen LogP contribution in [0.1, 0.15) is 21.5 Å². The number of hydrogen-bond acceptors (Lipinski definition) is 3. The maximum absolute atomic E-state index is 11.8. The van der Waals surface area contributed by atoms with Crippen molar-refractivity contribution in [1.29, 1.82) is 0 Å². The fourth-order valence-electron chi connectivity index (χ4n) is 1.80. The Morgan fingerprint density at radius 3 is 2.39 bits per heavy atom. The Balaban J connectivity index is 1.79. The summed E-state index contributed by atoms with van der Waals surface area (Å²) < 4.78 is 6.35. The predicted molar refractivity (Wildman–Crippen MR) is 91.2 cm³/mol. The van der Waals surface area contributed by atoms with Crippen LogP contribution in [-0.2, 0) is 4.79 Å². The first-order valence-electron chi connectivity index (χ1n) is 7.00. The zero-order valence-electron chi connectivity index (χ0n) is 12.9. The average molecular weight is 377 g/mol. The quantitative estimate of drug-likeness (QED) is 0.806. The molecule has 0 heterocycles. The Morgan fingerprint density at radius 1 is 1.04 bits per heavy atom. The van der Waals surface area contributed by atoms with E-state index >= 15 is 0 Å². The highest BCUT2D eigenvalue weighted by Gasteiger charge is 2.08. The summed E-state index contributed by atoms with van der Waals surface area (Å²) in [4.78, 5) is 23.5. The normalized spacial score (nSPS) is 10.0. The molecule has 120 valence electrons. The lowest BCUT2D eigenvalue weighted by molar-refractivity contribution is -0.123. The van der Waals surface area contributed by atoms with Crippen molar-refractivity contribution in [3.63, 3.8) is 0 Å². The molecule has 2 aromatic carbocycles. The summed E-state index contributed by atoms with van der Waals surface area (Å²) in [5, 5.41) is 0. The molecule has 0 radical (unpaired) electrons. The molecule has 0 spiro atoms. The Kier molecular flexibility index (Phi) is 5.76. The molecule has 0 bridgehead atoms. The van der Waals surface area contributed by atoms with E-state index in [1.165, 1.54) is 0 Å². The van der Waals surface area contributed by atoms with Gasteiger partial charge >= 0.3 is 0 Å². The largest absolute Gasteiger partial charge is 0.484 e. The number of aryl methyl sites for hydroxylation is 2. The summed E-state index contributed by atoms with van der Waals surface area (Å²) >= 11 is 3.39. The Bertz CT molecular complexity index is 714. The molecule has 2 rings (SSSR count). The van der Waals surface area contributed by atoms with Crippen LogP contribution in [0, 0.1) is 13.8 Å². The van der Waals surface area contributed by atoms with Gasteiger partial charge in [-0.3, -0.25) is 20.4 Å². The first-order chi connectivity index (χ1) is 11.0.